The Balaban J connectivity index is 1.77. The van der Waals surface area contributed by atoms with Crippen molar-refractivity contribution in [3.8, 4) is 0 Å². The Kier molecular flexibility index (Phi) is 5.89. The van der Waals surface area contributed by atoms with Crippen LogP contribution >= 0.6 is 0 Å². The second-order valence-corrected chi connectivity index (χ2v) is 8.53. The van der Waals surface area contributed by atoms with E-state index in [4.69, 9.17) is 4.42 Å². The molecule has 2 aromatic carbocycles. The number of carbonyl (C=O) groups excluding carboxylic acids is 1. The molecule has 1 N–H and O–H groups in total. The third-order valence-electron chi connectivity index (χ3n) is 5.10. The predicted octanol–water partition coefficient (Wildman–Crippen LogP) is 4.12. The summed E-state index contributed by atoms with van der Waals surface area (Å²) in [6.45, 7) is 6.95. The first-order valence-corrected chi connectivity index (χ1v) is 9.75. The summed E-state index contributed by atoms with van der Waals surface area (Å²) in [5, 5.41) is 3.37. The molecule has 152 valence electrons. The molecule has 0 aliphatic heterocycles. The van der Waals surface area contributed by atoms with Crippen LogP contribution in [0.4, 0.5) is 0 Å². The molecule has 3 rings (SSSR count). The van der Waals surface area contributed by atoms with E-state index in [-0.39, 0.29) is 22.6 Å². The van der Waals surface area contributed by atoms with Crippen molar-refractivity contribution in [2.75, 3.05) is 20.6 Å². The van der Waals surface area contributed by atoms with Crippen LogP contribution in [0.2, 0.25) is 0 Å². The molecule has 29 heavy (non-hydrogen) atoms. The van der Waals surface area contributed by atoms with Crippen molar-refractivity contribution in [3.05, 3.63) is 81.7 Å². The molecule has 5 nitrogen and oxygen atoms in total. The molecule has 0 fully saturated rings. The fourth-order valence-electron chi connectivity index (χ4n) is 3.30. The fraction of sp³-hybridized carbons (Fsp3) is 0.333. The van der Waals surface area contributed by atoms with Gasteiger partial charge in [0.1, 0.15) is 5.58 Å². The lowest BCUT2D eigenvalue weighted by atomic mass is 9.86. The Hall–Kier alpha value is -2.92. The molecule has 0 aliphatic rings. The van der Waals surface area contributed by atoms with E-state index in [0.717, 1.165) is 5.56 Å². The monoisotopic (exact) mass is 392 g/mol. The van der Waals surface area contributed by atoms with Crippen LogP contribution in [0, 0.1) is 0 Å². The predicted molar refractivity (Wildman–Crippen MR) is 116 cm³/mol. The molecule has 0 saturated carbocycles. The van der Waals surface area contributed by atoms with Crippen molar-refractivity contribution in [2.45, 2.75) is 32.2 Å². The third kappa shape index (κ3) is 4.74. The van der Waals surface area contributed by atoms with E-state index >= 15 is 0 Å². The maximum absolute atomic E-state index is 12.6. The molecule has 0 bridgehead atoms. The minimum absolute atomic E-state index is 0.000136. The van der Waals surface area contributed by atoms with E-state index in [2.05, 4.69) is 55.3 Å². The van der Waals surface area contributed by atoms with Gasteiger partial charge in [-0.3, -0.25) is 9.59 Å². The van der Waals surface area contributed by atoms with E-state index in [1.165, 1.54) is 11.6 Å². The van der Waals surface area contributed by atoms with Crippen LogP contribution < -0.4 is 10.7 Å². The quantitative estimate of drug-likeness (QED) is 0.709. The van der Waals surface area contributed by atoms with Gasteiger partial charge in [-0.2, -0.15) is 0 Å². The topological polar surface area (TPSA) is 62.6 Å². The van der Waals surface area contributed by atoms with Gasteiger partial charge in [0.15, 0.2) is 11.2 Å². The Labute approximate surface area is 171 Å². The van der Waals surface area contributed by atoms with Crippen molar-refractivity contribution in [2.24, 2.45) is 0 Å². The molecule has 1 aromatic heterocycles. The zero-order valence-electron chi connectivity index (χ0n) is 17.7. The molecule has 3 aromatic rings. The van der Waals surface area contributed by atoms with E-state index in [9.17, 15) is 9.59 Å². The van der Waals surface area contributed by atoms with Gasteiger partial charge in [-0.05, 0) is 42.8 Å². The van der Waals surface area contributed by atoms with Crippen LogP contribution in [0.3, 0.4) is 0 Å². The number of para-hydroxylation sites is 1. The number of fused-ring (bicyclic) bond motifs is 1. The Morgan fingerprint density at radius 2 is 1.72 bits per heavy atom. The summed E-state index contributed by atoms with van der Waals surface area (Å²) < 4.78 is 5.63. The first-order chi connectivity index (χ1) is 13.7. The summed E-state index contributed by atoms with van der Waals surface area (Å²) in [7, 11) is 3.95. The SMILES string of the molecule is CN(C)[C@H](CNC(=O)c1cc(=O)c2ccccc2o1)c1ccc(C(C)(C)C)cc1. The lowest BCUT2D eigenvalue weighted by Gasteiger charge is -2.26. The summed E-state index contributed by atoms with van der Waals surface area (Å²) in [6, 6.07) is 16.6. The Morgan fingerprint density at radius 3 is 2.34 bits per heavy atom. The van der Waals surface area contributed by atoms with Gasteiger partial charge >= 0.3 is 0 Å². The van der Waals surface area contributed by atoms with Gasteiger partial charge in [-0.1, -0.05) is 57.2 Å². The average Bonchev–Trinajstić information content (AvgIpc) is 2.67. The van der Waals surface area contributed by atoms with Gasteiger partial charge in [0, 0.05) is 12.6 Å². The molecule has 0 saturated heterocycles. The van der Waals surface area contributed by atoms with Crippen molar-refractivity contribution in [1.29, 1.82) is 0 Å². The molecular weight excluding hydrogens is 364 g/mol. The Bertz CT molecular complexity index is 1060. The minimum Gasteiger partial charge on any atom is -0.451 e. The first kappa shape index (κ1) is 20.8. The molecule has 0 radical (unpaired) electrons. The lowest BCUT2D eigenvalue weighted by Crippen LogP contribution is -2.34. The van der Waals surface area contributed by atoms with Crippen molar-refractivity contribution in [1.82, 2.24) is 10.2 Å². The number of nitrogens with one attached hydrogen (secondary N) is 1. The second-order valence-electron chi connectivity index (χ2n) is 8.53. The van der Waals surface area contributed by atoms with Gasteiger partial charge in [-0.25, -0.2) is 0 Å². The first-order valence-electron chi connectivity index (χ1n) is 9.75. The molecule has 1 amide bonds. The lowest BCUT2D eigenvalue weighted by molar-refractivity contribution is 0.0914. The maximum atomic E-state index is 12.6. The van der Waals surface area contributed by atoms with E-state index in [1.807, 2.05) is 14.1 Å². The molecule has 1 atom stereocenters. The van der Waals surface area contributed by atoms with Gasteiger partial charge in [0.25, 0.3) is 5.91 Å². The van der Waals surface area contributed by atoms with Crippen LogP contribution in [-0.2, 0) is 5.41 Å². The number of hydrogen-bond acceptors (Lipinski definition) is 4. The summed E-state index contributed by atoms with van der Waals surface area (Å²) >= 11 is 0. The number of likely N-dealkylation sites (N-methyl/N-ethyl adjacent to an activating group) is 1. The van der Waals surface area contributed by atoms with Crippen molar-refractivity contribution < 1.29 is 9.21 Å². The van der Waals surface area contributed by atoms with Crippen molar-refractivity contribution >= 4 is 16.9 Å². The van der Waals surface area contributed by atoms with Gasteiger partial charge < -0.3 is 14.6 Å². The number of carbonyl (C=O) groups is 1. The summed E-state index contributed by atoms with van der Waals surface area (Å²) in [5.41, 5.74) is 2.66. The molecule has 5 heteroatoms. The second kappa shape index (κ2) is 8.21. The fourth-order valence-corrected chi connectivity index (χ4v) is 3.30. The van der Waals surface area contributed by atoms with Gasteiger partial charge in [0.05, 0.1) is 11.4 Å². The highest BCUT2D eigenvalue weighted by molar-refractivity contribution is 5.93. The number of benzene rings is 2. The Morgan fingerprint density at radius 1 is 1.07 bits per heavy atom. The summed E-state index contributed by atoms with van der Waals surface area (Å²) in [4.78, 5) is 26.9. The standard InChI is InChI=1S/C24H28N2O3/c1-24(2,3)17-12-10-16(11-13-17)19(26(4)5)15-25-23(28)22-14-20(27)18-8-6-7-9-21(18)29-22/h6-14,19H,15H2,1-5H3,(H,25,28)/t19-/m1/s1. The number of nitrogens with zero attached hydrogens (tertiary/aromatic N) is 1. The van der Waals surface area contributed by atoms with E-state index in [0.29, 0.717) is 17.5 Å². The smallest absolute Gasteiger partial charge is 0.287 e. The average molecular weight is 392 g/mol. The zero-order valence-corrected chi connectivity index (χ0v) is 17.7. The van der Waals surface area contributed by atoms with Crippen LogP contribution in [0.15, 0.2) is 63.8 Å². The summed E-state index contributed by atoms with van der Waals surface area (Å²) in [5.74, 6) is -0.375. The normalized spacial score (nSPS) is 12.9. The summed E-state index contributed by atoms with van der Waals surface area (Å²) in [6.07, 6.45) is 0. The third-order valence-corrected chi connectivity index (χ3v) is 5.10. The van der Waals surface area contributed by atoms with Crippen molar-refractivity contribution in [3.63, 3.8) is 0 Å². The molecular formula is C24H28N2O3. The highest BCUT2D eigenvalue weighted by Gasteiger charge is 2.19. The van der Waals surface area contributed by atoms with Gasteiger partial charge in [-0.15, -0.1) is 0 Å². The molecule has 1 heterocycles. The number of amides is 1. The maximum Gasteiger partial charge on any atom is 0.287 e. The molecule has 0 unspecified atom stereocenters. The highest BCUT2D eigenvalue weighted by Crippen LogP contribution is 2.25. The molecule has 0 aliphatic carbocycles. The van der Waals surface area contributed by atoms with Crippen LogP contribution in [0.1, 0.15) is 48.5 Å². The number of hydrogen-bond donors (Lipinski definition) is 1. The van der Waals surface area contributed by atoms with E-state index in [1.54, 1.807) is 24.3 Å². The highest BCUT2D eigenvalue weighted by atomic mass is 16.3. The minimum atomic E-state index is -0.397. The van der Waals surface area contributed by atoms with Crippen LogP contribution in [0.5, 0.6) is 0 Å². The van der Waals surface area contributed by atoms with Crippen LogP contribution in [0.25, 0.3) is 11.0 Å². The van der Waals surface area contributed by atoms with Crippen LogP contribution in [-0.4, -0.2) is 31.4 Å². The van der Waals surface area contributed by atoms with E-state index < -0.39 is 5.91 Å². The number of rotatable bonds is 5. The van der Waals surface area contributed by atoms with Gasteiger partial charge in [0.2, 0.25) is 0 Å². The largest absolute Gasteiger partial charge is 0.451 e. The molecule has 0 spiro atoms. The zero-order chi connectivity index (χ0) is 21.2.